The van der Waals surface area contributed by atoms with Crippen LogP contribution in [0.5, 0.6) is 0 Å². The van der Waals surface area contributed by atoms with Gasteiger partial charge in [0.25, 0.3) is 0 Å². The Hall–Kier alpha value is -7.22. The molecule has 0 aromatic heterocycles. The Bertz CT molecular complexity index is 3250. The Morgan fingerprint density at radius 1 is 0.343 bits per heavy atom. The summed E-state index contributed by atoms with van der Waals surface area (Å²) in [5, 5.41) is 0. The van der Waals surface area contributed by atoms with E-state index in [2.05, 4.69) is 273 Å². The third-order valence-electron chi connectivity index (χ3n) is 14.8. The maximum atomic E-state index is 2.53. The molecule has 9 aromatic carbocycles. The summed E-state index contributed by atoms with van der Waals surface area (Å²) in [6.07, 6.45) is 0. The predicted octanol–water partition coefficient (Wildman–Crippen LogP) is 17.8. The molecule has 9 aromatic rings. The first kappa shape index (κ1) is 42.4. The lowest BCUT2D eigenvalue weighted by Crippen LogP contribution is -2.33. The number of hydrogen-bond acceptors (Lipinski definition) is 1. The zero-order valence-corrected chi connectivity index (χ0v) is 40.2. The summed E-state index contributed by atoms with van der Waals surface area (Å²) in [7, 11) is 0. The van der Waals surface area contributed by atoms with Crippen LogP contribution in [0.3, 0.4) is 0 Å². The van der Waals surface area contributed by atoms with Crippen LogP contribution in [0.25, 0.3) is 44.5 Å². The van der Waals surface area contributed by atoms with Crippen molar-refractivity contribution in [2.75, 3.05) is 4.90 Å². The first-order valence-corrected chi connectivity index (χ1v) is 24.0. The lowest BCUT2D eigenvalue weighted by molar-refractivity contribution is 0.557. The van der Waals surface area contributed by atoms with Gasteiger partial charge in [0.15, 0.2) is 0 Å². The van der Waals surface area contributed by atoms with Crippen LogP contribution in [0.4, 0.5) is 17.1 Å². The minimum absolute atomic E-state index is 0.0281. The van der Waals surface area contributed by atoms with Gasteiger partial charge in [-0.2, -0.15) is 0 Å². The Morgan fingerprint density at radius 3 is 1.43 bits per heavy atom. The third-order valence-corrected chi connectivity index (χ3v) is 14.8. The number of nitrogens with zero attached hydrogens (tertiary/aromatic N) is 1. The monoisotopic (exact) mass is 865 g/mol. The largest absolute Gasteiger partial charge is 0.310 e. The molecule has 1 nitrogen and oxygen atoms in total. The first-order chi connectivity index (χ1) is 32.3. The van der Waals surface area contributed by atoms with Crippen LogP contribution in [0, 0.1) is 0 Å². The van der Waals surface area contributed by atoms with Crippen LogP contribution in [-0.2, 0) is 21.7 Å². The second-order valence-electron chi connectivity index (χ2n) is 21.4. The van der Waals surface area contributed by atoms with Crippen molar-refractivity contribution in [3.8, 4) is 44.5 Å². The average Bonchev–Trinajstić information content (AvgIpc) is 3.78. The predicted molar refractivity (Wildman–Crippen MR) is 284 cm³/mol. The standard InChI is InChI=1S/C66H59N/c1-63(2,3)49-41-57-56-29-20-28-53(61(56)66(47-23-14-10-15-24-47,48-25-16-11-17-26-48)62(57)60(42-49)64(4,5)6)46-33-37-51(38-34-46)67(50-35-31-45(32-36-50)44-21-12-9-13-22-44)52-39-40-55-54-27-18-19-30-58(54)65(7,8)59(55)43-52/h9-43H,1-8H3. The molecule has 11 rings (SSSR count). The van der Waals surface area contributed by atoms with Gasteiger partial charge in [0.1, 0.15) is 0 Å². The molecule has 0 saturated carbocycles. The summed E-state index contributed by atoms with van der Waals surface area (Å²) in [5.74, 6) is 0. The topological polar surface area (TPSA) is 3.24 Å². The van der Waals surface area contributed by atoms with E-state index in [1.54, 1.807) is 0 Å². The minimum atomic E-state index is -0.567. The SMILES string of the molecule is CC(C)(C)c1cc2c(c(C(C)(C)C)c1)C(c1ccccc1)(c1ccccc1)c1c(-c3ccc(N(c4ccc(-c5ccccc5)cc4)c4ccc5c(c4)C(C)(C)c4ccccc4-5)cc3)cccc1-2. The molecule has 67 heavy (non-hydrogen) atoms. The van der Waals surface area contributed by atoms with E-state index in [0.29, 0.717) is 0 Å². The van der Waals surface area contributed by atoms with Gasteiger partial charge >= 0.3 is 0 Å². The molecule has 0 atom stereocenters. The van der Waals surface area contributed by atoms with E-state index in [9.17, 15) is 0 Å². The molecule has 2 aliphatic carbocycles. The lowest BCUT2D eigenvalue weighted by atomic mass is 9.62. The van der Waals surface area contributed by atoms with Gasteiger partial charge in [-0.3, -0.25) is 0 Å². The minimum Gasteiger partial charge on any atom is -0.310 e. The molecule has 0 spiro atoms. The highest BCUT2D eigenvalue weighted by Gasteiger charge is 2.50. The second kappa shape index (κ2) is 15.7. The summed E-state index contributed by atoms with van der Waals surface area (Å²) in [5.41, 5.74) is 23.5. The van der Waals surface area contributed by atoms with Crippen molar-refractivity contribution < 1.29 is 0 Å². The molecular weight excluding hydrogens is 807 g/mol. The Labute approximate surface area is 398 Å². The van der Waals surface area contributed by atoms with Crippen LogP contribution in [0.1, 0.15) is 99.9 Å². The van der Waals surface area contributed by atoms with E-state index in [0.717, 1.165) is 17.1 Å². The normalized spacial score (nSPS) is 14.2. The first-order valence-electron chi connectivity index (χ1n) is 24.0. The second-order valence-corrected chi connectivity index (χ2v) is 21.4. The number of fused-ring (bicyclic) bond motifs is 6. The summed E-state index contributed by atoms with van der Waals surface area (Å²) >= 11 is 0. The molecule has 0 fully saturated rings. The van der Waals surface area contributed by atoms with E-state index >= 15 is 0 Å². The van der Waals surface area contributed by atoms with Crippen molar-refractivity contribution in [1.82, 2.24) is 0 Å². The van der Waals surface area contributed by atoms with E-state index in [4.69, 9.17) is 0 Å². The Morgan fingerprint density at radius 2 is 0.836 bits per heavy atom. The van der Waals surface area contributed by atoms with Crippen LogP contribution < -0.4 is 4.90 Å². The molecular formula is C66H59N. The van der Waals surface area contributed by atoms with Crippen molar-refractivity contribution >= 4 is 17.1 Å². The van der Waals surface area contributed by atoms with Gasteiger partial charge in [-0.25, -0.2) is 0 Å². The van der Waals surface area contributed by atoms with Crippen molar-refractivity contribution in [2.45, 2.75) is 77.0 Å². The summed E-state index contributed by atoms with van der Waals surface area (Å²) < 4.78 is 0. The molecule has 0 radical (unpaired) electrons. The van der Waals surface area contributed by atoms with E-state index < -0.39 is 5.41 Å². The number of rotatable bonds is 7. The molecule has 0 saturated heterocycles. The molecule has 0 aliphatic heterocycles. The molecule has 328 valence electrons. The zero-order valence-electron chi connectivity index (χ0n) is 40.2. The quantitative estimate of drug-likeness (QED) is 0.154. The van der Waals surface area contributed by atoms with Crippen molar-refractivity contribution in [3.63, 3.8) is 0 Å². The fourth-order valence-electron chi connectivity index (χ4n) is 11.5. The van der Waals surface area contributed by atoms with Gasteiger partial charge in [-0.15, -0.1) is 0 Å². The fourth-order valence-corrected chi connectivity index (χ4v) is 11.5. The summed E-state index contributed by atoms with van der Waals surface area (Å²) in [6, 6.07) is 79.8. The van der Waals surface area contributed by atoms with E-state index in [1.165, 1.54) is 89.0 Å². The molecule has 2 aliphatic rings. The van der Waals surface area contributed by atoms with Gasteiger partial charge < -0.3 is 4.90 Å². The number of benzene rings is 9. The third kappa shape index (κ3) is 6.81. The van der Waals surface area contributed by atoms with Gasteiger partial charge in [0, 0.05) is 22.5 Å². The van der Waals surface area contributed by atoms with Gasteiger partial charge in [0.05, 0.1) is 5.41 Å². The Balaban J connectivity index is 1.12. The smallest absolute Gasteiger partial charge is 0.0722 e. The summed E-state index contributed by atoms with van der Waals surface area (Å²) in [6.45, 7) is 18.9. The van der Waals surface area contributed by atoms with Gasteiger partial charge in [-0.05, 0) is 136 Å². The van der Waals surface area contributed by atoms with Crippen LogP contribution in [0.15, 0.2) is 212 Å². The van der Waals surface area contributed by atoms with E-state index in [1.807, 2.05) is 0 Å². The molecule has 0 bridgehead atoms. The number of hydrogen-bond donors (Lipinski definition) is 0. The summed E-state index contributed by atoms with van der Waals surface area (Å²) in [4.78, 5) is 2.44. The maximum absolute atomic E-state index is 2.53. The highest BCUT2D eigenvalue weighted by atomic mass is 15.1. The number of anilines is 3. The average molecular weight is 866 g/mol. The molecule has 0 amide bonds. The van der Waals surface area contributed by atoms with Gasteiger partial charge in [0.2, 0.25) is 0 Å². The highest BCUT2D eigenvalue weighted by Crippen LogP contribution is 2.61. The zero-order chi connectivity index (χ0) is 46.3. The van der Waals surface area contributed by atoms with Crippen molar-refractivity contribution in [1.29, 1.82) is 0 Å². The van der Waals surface area contributed by atoms with Crippen molar-refractivity contribution in [3.05, 3.63) is 257 Å². The maximum Gasteiger partial charge on any atom is 0.0722 e. The van der Waals surface area contributed by atoms with Crippen LogP contribution in [0.2, 0.25) is 0 Å². The molecule has 0 heterocycles. The molecule has 1 heteroatoms. The lowest BCUT2D eigenvalue weighted by Gasteiger charge is -2.39. The van der Waals surface area contributed by atoms with E-state index in [-0.39, 0.29) is 16.2 Å². The molecule has 0 N–H and O–H groups in total. The van der Waals surface area contributed by atoms with Crippen LogP contribution >= 0.6 is 0 Å². The highest BCUT2D eigenvalue weighted by molar-refractivity contribution is 5.95. The van der Waals surface area contributed by atoms with Crippen molar-refractivity contribution in [2.24, 2.45) is 0 Å². The Kier molecular flexibility index (Phi) is 9.94. The van der Waals surface area contributed by atoms with Gasteiger partial charge in [-0.1, -0.05) is 231 Å². The molecule has 0 unspecified atom stereocenters. The fraction of sp³-hybridized carbons (Fsp3) is 0.182. The van der Waals surface area contributed by atoms with Crippen LogP contribution in [-0.4, -0.2) is 0 Å².